The first-order valence-electron chi connectivity index (χ1n) is 5.81. The van der Waals surface area contributed by atoms with Gasteiger partial charge < -0.3 is 10.1 Å². The van der Waals surface area contributed by atoms with Gasteiger partial charge in [-0.25, -0.2) is 0 Å². The lowest BCUT2D eigenvalue weighted by molar-refractivity contribution is -0.137. The molecule has 1 N–H and O–H groups in total. The van der Waals surface area contributed by atoms with E-state index >= 15 is 0 Å². The average molecular weight is 270 g/mol. The molecule has 1 aromatic rings. The molecule has 0 aliphatic carbocycles. The zero-order valence-corrected chi connectivity index (χ0v) is 10.3. The molecule has 1 heterocycles. The van der Waals surface area contributed by atoms with Gasteiger partial charge in [0, 0.05) is 12.3 Å². The van der Waals surface area contributed by atoms with Crippen molar-refractivity contribution in [1.29, 1.82) is 5.26 Å². The number of nitrogens with zero attached hydrogens (tertiary/aromatic N) is 1. The molecule has 2 rings (SSSR count). The number of nitrogens with one attached hydrogen (secondary N) is 1. The Morgan fingerprint density at radius 2 is 2.16 bits per heavy atom. The van der Waals surface area contributed by atoms with E-state index in [0.717, 1.165) is 12.5 Å². The molecule has 19 heavy (non-hydrogen) atoms. The largest absolute Gasteiger partial charge is 0.417 e. The Morgan fingerprint density at radius 1 is 1.42 bits per heavy atom. The fourth-order valence-corrected chi connectivity index (χ4v) is 2.07. The van der Waals surface area contributed by atoms with Crippen LogP contribution >= 0.6 is 0 Å². The van der Waals surface area contributed by atoms with Crippen molar-refractivity contribution in [1.82, 2.24) is 0 Å². The standard InChI is InChI=1S/C13H13F3N2O/c1-12(4-5-19-8-12)18-10-3-2-9(7-17)11(6-10)13(14,15)16/h2-3,6,18H,4-5,8H2,1H3. The molecule has 102 valence electrons. The van der Waals surface area contributed by atoms with E-state index in [9.17, 15) is 13.2 Å². The molecule has 1 aliphatic heterocycles. The molecule has 1 saturated heterocycles. The Balaban J connectivity index is 2.31. The van der Waals surface area contributed by atoms with E-state index in [1.54, 1.807) is 6.07 Å². The van der Waals surface area contributed by atoms with E-state index < -0.39 is 11.7 Å². The number of alkyl halides is 3. The summed E-state index contributed by atoms with van der Waals surface area (Å²) in [6.45, 7) is 2.94. The second-order valence-corrected chi connectivity index (χ2v) is 4.86. The topological polar surface area (TPSA) is 45.0 Å². The van der Waals surface area contributed by atoms with E-state index in [2.05, 4.69) is 5.32 Å². The lowest BCUT2D eigenvalue weighted by Gasteiger charge is -2.25. The monoisotopic (exact) mass is 270 g/mol. The van der Waals surface area contributed by atoms with Crippen LogP contribution in [0.3, 0.4) is 0 Å². The molecule has 1 unspecified atom stereocenters. The summed E-state index contributed by atoms with van der Waals surface area (Å²) in [4.78, 5) is 0. The number of ether oxygens (including phenoxy) is 1. The molecule has 0 amide bonds. The molecule has 0 saturated carbocycles. The number of hydrogen-bond donors (Lipinski definition) is 1. The van der Waals surface area contributed by atoms with Gasteiger partial charge in [-0.05, 0) is 31.5 Å². The first-order valence-corrected chi connectivity index (χ1v) is 5.81. The quantitative estimate of drug-likeness (QED) is 0.897. The SMILES string of the molecule is CC1(Nc2ccc(C#N)c(C(F)(F)F)c2)CCOC1. The molecule has 3 nitrogen and oxygen atoms in total. The van der Waals surface area contributed by atoms with Crippen molar-refractivity contribution in [3.8, 4) is 6.07 Å². The number of nitriles is 1. The molecule has 1 fully saturated rings. The summed E-state index contributed by atoms with van der Waals surface area (Å²) in [5.41, 5.74) is -1.30. The van der Waals surface area contributed by atoms with Crippen molar-refractivity contribution in [2.75, 3.05) is 18.5 Å². The molecule has 0 spiro atoms. The van der Waals surface area contributed by atoms with Crippen molar-refractivity contribution in [2.45, 2.75) is 25.1 Å². The molecular formula is C13H13F3N2O. The summed E-state index contributed by atoms with van der Waals surface area (Å²) in [6, 6.07) is 5.20. The van der Waals surface area contributed by atoms with Crippen LogP contribution < -0.4 is 5.32 Å². The van der Waals surface area contributed by atoms with Gasteiger partial charge in [-0.15, -0.1) is 0 Å². The number of halogens is 3. The fourth-order valence-electron chi connectivity index (χ4n) is 2.07. The summed E-state index contributed by atoms with van der Waals surface area (Å²) >= 11 is 0. The van der Waals surface area contributed by atoms with E-state index in [-0.39, 0.29) is 11.1 Å². The van der Waals surface area contributed by atoms with Crippen LogP contribution in [-0.4, -0.2) is 18.8 Å². The maximum absolute atomic E-state index is 12.8. The highest BCUT2D eigenvalue weighted by molar-refractivity contribution is 5.54. The summed E-state index contributed by atoms with van der Waals surface area (Å²) < 4.78 is 43.7. The zero-order valence-electron chi connectivity index (χ0n) is 10.3. The predicted molar refractivity (Wildman–Crippen MR) is 63.6 cm³/mol. The zero-order chi connectivity index (χ0) is 14.1. The molecule has 1 atom stereocenters. The average Bonchev–Trinajstić information content (AvgIpc) is 2.74. The van der Waals surface area contributed by atoms with Gasteiger partial charge in [0.2, 0.25) is 0 Å². The van der Waals surface area contributed by atoms with Crippen molar-refractivity contribution >= 4 is 5.69 Å². The van der Waals surface area contributed by atoms with E-state index in [1.165, 1.54) is 12.1 Å². The van der Waals surface area contributed by atoms with Crippen molar-refractivity contribution < 1.29 is 17.9 Å². The lowest BCUT2D eigenvalue weighted by Crippen LogP contribution is -2.35. The molecule has 0 aromatic heterocycles. The maximum Gasteiger partial charge on any atom is 0.417 e. The molecule has 6 heteroatoms. The highest BCUT2D eigenvalue weighted by atomic mass is 19.4. The Hall–Kier alpha value is -1.74. The van der Waals surface area contributed by atoms with E-state index in [0.29, 0.717) is 18.9 Å². The highest BCUT2D eigenvalue weighted by Gasteiger charge is 2.35. The predicted octanol–water partition coefficient (Wildman–Crippen LogP) is 3.17. The molecule has 0 bridgehead atoms. The summed E-state index contributed by atoms with van der Waals surface area (Å²) in [7, 11) is 0. The number of benzene rings is 1. The summed E-state index contributed by atoms with van der Waals surface area (Å²) in [5, 5.41) is 11.8. The lowest BCUT2D eigenvalue weighted by atomic mass is 10.00. The van der Waals surface area contributed by atoms with Gasteiger partial charge in [-0.2, -0.15) is 18.4 Å². The van der Waals surface area contributed by atoms with Crippen LogP contribution in [0.2, 0.25) is 0 Å². The normalized spacial score (nSPS) is 23.1. The van der Waals surface area contributed by atoms with E-state index in [1.807, 2.05) is 6.92 Å². The van der Waals surface area contributed by atoms with Gasteiger partial charge in [-0.3, -0.25) is 0 Å². The van der Waals surface area contributed by atoms with Crippen LogP contribution in [0.4, 0.5) is 18.9 Å². The molecular weight excluding hydrogens is 257 g/mol. The Bertz CT molecular complexity index is 514. The third-order valence-electron chi connectivity index (χ3n) is 3.11. The Labute approximate surface area is 109 Å². The third kappa shape index (κ3) is 2.99. The first kappa shape index (κ1) is 13.7. The first-order chi connectivity index (χ1) is 8.84. The van der Waals surface area contributed by atoms with Crippen molar-refractivity contribution in [3.63, 3.8) is 0 Å². The number of hydrogen-bond acceptors (Lipinski definition) is 3. The van der Waals surface area contributed by atoms with Gasteiger partial charge in [0.25, 0.3) is 0 Å². The fraction of sp³-hybridized carbons (Fsp3) is 0.462. The second kappa shape index (κ2) is 4.74. The summed E-state index contributed by atoms with van der Waals surface area (Å²) in [6.07, 6.45) is -3.80. The smallest absolute Gasteiger partial charge is 0.379 e. The van der Waals surface area contributed by atoms with Crippen LogP contribution in [0, 0.1) is 11.3 Å². The number of anilines is 1. The van der Waals surface area contributed by atoms with Crippen molar-refractivity contribution in [3.05, 3.63) is 29.3 Å². The Kier molecular flexibility index (Phi) is 3.42. The minimum atomic E-state index is -4.53. The second-order valence-electron chi connectivity index (χ2n) is 4.86. The van der Waals surface area contributed by atoms with Gasteiger partial charge >= 0.3 is 6.18 Å². The van der Waals surface area contributed by atoms with Crippen molar-refractivity contribution in [2.24, 2.45) is 0 Å². The van der Waals surface area contributed by atoms with Crippen LogP contribution in [-0.2, 0) is 10.9 Å². The van der Waals surface area contributed by atoms with Gasteiger partial charge in [0.05, 0.1) is 29.3 Å². The molecule has 1 aromatic carbocycles. The molecule has 1 aliphatic rings. The van der Waals surface area contributed by atoms with Crippen LogP contribution in [0.15, 0.2) is 18.2 Å². The Morgan fingerprint density at radius 3 is 2.68 bits per heavy atom. The van der Waals surface area contributed by atoms with E-state index in [4.69, 9.17) is 10.00 Å². The van der Waals surface area contributed by atoms with Gasteiger partial charge in [0.15, 0.2) is 0 Å². The maximum atomic E-state index is 12.8. The minimum absolute atomic E-state index is 0.347. The van der Waals surface area contributed by atoms with Gasteiger partial charge in [-0.1, -0.05) is 0 Å². The highest BCUT2D eigenvalue weighted by Crippen LogP contribution is 2.34. The molecule has 0 radical (unpaired) electrons. The number of rotatable bonds is 2. The van der Waals surface area contributed by atoms with Crippen LogP contribution in [0.1, 0.15) is 24.5 Å². The minimum Gasteiger partial charge on any atom is -0.379 e. The third-order valence-corrected chi connectivity index (χ3v) is 3.11. The summed E-state index contributed by atoms with van der Waals surface area (Å²) in [5.74, 6) is 0. The van der Waals surface area contributed by atoms with Crippen LogP contribution in [0.5, 0.6) is 0 Å². The van der Waals surface area contributed by atoms with Crippen LogP contribution in [0.25, 0.3) is 0 Å². The van der Waals surface area contributed by atoms with Gasteiger partial charge in [0.1, 0.15) is 0 Å².